The molecule has 19 heavy (non-hydrogen) atoms. The monoisotopic (exact) mass is 319 g/mol. The zero-order chi connectivity index (χ0) is 14.0. The zero-order valence-electron chi connectivity index (χ0n) is 10.0. The Morgan fingerprint density at radius 2 is 1.79 bits per heavy atom. The molecule has 1 heterocycles. The molecule has 1 N–H and O–H groups in total. The van der Waals surface area contributed by atoms with Gasteiger partial charge in [-0.2, -0.15) is 0 Å². The molecule has 102 valence electrons. The van der Waals surface area contributed by atoms with Crippen LogP contribution >= 0.6 is 34.8 Å². The third kappa shape index (κ3) is 3.22. The van der Waals surface area contributed by atoms with Crippen molar-refractivity contribution in [1.29, 1.82) is 0 Å². The fourth-order valence-corrected chi connectivity index (χ4v) is 3.14. The molecule has 1 unspecified atom stereocenters. The van der Waals surface area contributed by atoms with E-state index in [1.165, 1.54) is 12.1 Å². The van der Waals surface area contributed by atoms with Crippen LogP contribution in [0, 0.1) is 5.92 Å². The molecule has 0 radical (unpaired) electrons. The quantitative estimate of drug-likeness (QED) is 0.666. The van der Waals surface area contributed by atoms with E-state index in [0.717, 1.165) is 12.8 Å². The molecule has 1 fully saturated rings. The van der Waals surface area contributed by atoms with Gasteiger partial charge in [-0.3, -0.25) is 9.59 Å². The molecular formula is C13H12Cl3NO2. The number of amides is 1. The SMILES string of the molecule is O=C1NCCCCC1C(=O)c1c(Cl)cc(Cl)cc1Cl. The van der Waals surface area contributed by atoms with Crippen LogP contribution in [0.2, 0.25) is 15.1 Å². The minimum Gasteiger partial charge on any atom is -0.355 e. The molecule has 2 rings (SSSR count). The van der Waals surface area contributed by atoms with Gasteiger partial charge >= 0.3 is 0 Å². The molecule has 0 saturated carbocycles. The third-order valence-corrected chi connectivity index (χ3v) is 3.92. The van der Waals surface area contributed by atoms with E-state index in [1.54, 1.807) is 0 Å². The lowest BCUT2D eigenvalue weighted by atomic mass is 9.93. The van der Waals surface area contributed by atoms with Crippen LogP contribution in [-0.2, 0) is 4.79 Å². The Morgan fingerprint density at radius 1 is 1.16 bits per heavy atom. The van der Waals surface area contributed by atoms with Crippen molar-refractivity contribution in [2.45, 2.75) is 19.3 Å². The van der Waals surface area contributed by atoms with E-state index in [9.17, 15) is 9.59 Å². The first-order valence-corrected chi connectivity index (χ1v) is 7.10. The number of hydrogen-bond acceptors (Lipinski definition) is 2. The molecule has 0 spiro atoms. The summed E-state index contributed by atoms with van der Waals surface area (Å²) >= 11 is 17.8. The van der Waals surface area contributed by atoms with Gasteiger partial charge in [0.15, 0.2) is 5.78 Å². The number of carbonyl (C=O) groups is 2. The number of rotatable bonds is 2. The lowest BCUT2D eigenvalue weighted by Gasteiger charge is -2.14. The molecule has 1 amide bonds. The first-order valence-electron chi connectivity index (χ1n) is 5.97. The summed E-state index contributed by atoms with van der Waals surface area (Å²) in [4.78, 5) is 24.3. The summed E-state index contributed by atoms with van der Waals surface area (Å²) < 4.78 is 0. The predicted octanol–water partition coefficient (Wildman–Crippen LogP) is 3.75. The molecule has 1 aromatic rings. The lowest BCUT2D eigenvalue weighted by molar-refractivity contribution is -0.123. The van der Waals surface area contributed by atoms with Crippen LogP contribution in [-0.4, -0.2) is 18.2 Å². The van der Waals surface area contributed by atoms with Crippen molar-refractivity contribution in [2.24, 2.45) is 5.92 Å². The molecule has 0 aliphatic carbocycles. The molecule has 6 heteroatoms. The van der Waals surface area contributed by atoms with Crippen LogP contribution in [0.15, 0.2) is 12.1 Å². The van der Waals surface area contributed by atoms with Crippen molar-refractivity contribution in [3.8, 4) is 0 Å². The third-order valence-electron chi connectivity index (χ3n) is 3.11. The summed E-state index contributed by atoms with van der Waals surface area (Å²) in [6, 6.07) is 2.91. The Labute approximate surface area is 126 Å². The highest BCUT2D eigenvalue weighted by atomic mass is 35.5. The average molecular weight is 321 g/mol. The largest absolute Gasteiger partial charge is 0.355 e. The van der Waals surface area contributed by atoms with Gasteiger partial charge in [0.25, 0.3) is 0 Å². The van der Waals surface area contributed by atoms with Crippen LogP contribution in [0.3, 0.4) is 0 Å². The summed E-state index contributed by atoms with van der Waals surface area (Å²) in [5.74, 6) is -1.32. The summed E-state index contributed by atoms with van der Waals surface area (Å²) in [6.07, 6.45) is 2.20. The molecule has 0 bridgehead atoms. The van der Waals surface area contributed by atoms with E-state index in [4.69, 9.17) is 34.8 Å². The van der Waals surface area contributed by atoms with Gasteiger partial charge in [0.1, 0.15) is 5.92 Å². The molecule has 1 saturated heterocycles. The van der Waals surface area contributed by atoms with E-state index in [-0.39, 0.29) is 27.3 Å². The standard InChI is InChI=1S/C13H12Cl3NO2/c14-7-5-9(15)11(10(16)6-7)12(18)8-3-1-2-4-17-13(8)19/h5-6,8H,1-4H2,(H,17,19). The van der Waals surface area contributed by atoms with Crippen molar-refractivity contribution < 1.29 is 9.59 Å². The van der Waals surface area contributed by atoms with Gasteiger partial charge in [0, 0.05) is 11.6 Å². The van der Waals surface area contributed by atoms with Gasteiger partial charge in [-0.1, -0.05) is 41.2 Å². The number of halogens is 3. The van der Waals surface area contributed by atoms with Crippen molar-refractivity contribution in [1.82, 2.24) is 5.32 Å². The maximum Gasteiger partial charge on any atom is 0.230 e. The Bertz CT molecular complexity index is 508. The number of hydrogen-bond donors (Lipinski definition) is 1. The van der Waals surface area contributed by atoms with E-state index >= 15 is 0 Å². The normalized spacial score (nSPS) is 19.7. The Kier molecular flexibility index (Phi) is 4.71. The topological polar surface area (TPSA) is 46.2 Å². The Hall–Kier alpha value is -0.770. The maximum atomic E-state index is 12.4. The number of benzene rings is 1. The van der Waals surface area contributed by atoms with Crippen molar-refractivity contribution in [3.63, 3.8) is 0 Å². The van der Waals surface area contributed by atoms with Crippen LogP contribution in [0.4, 0.5) is 0 Å². The number of ketones is 1. The average Bonchev–Trinajstić information content (AvgIpc) is 2.52. The van der Waals surface area contributed by atoms with Crippen LogP contribution in [0.5, 0.6) is 0 Å². The summed E-state index contributed by atoms with van der Waals surface area (Å²) in [5.41, 5.74) is 0.176. The molecule has 1 aliphatic heterocycles. The molecular weight excluding hydrogens is 309 g/mol. The Balaban J connectivity index is 2.35. The molecule has 1 aliphatic rings. The first kappa shape index (κ1) is 14.6. The van der Waals surface area contributed by atoms with E-state index in [2.05, 4.69) is 5.32 Å². The van der Waals surface area contributed by atoms with Gasteiger partial charge in [-0.25, -0.2) is 0 Å². The summed E-state index contributed by atoms with van der Waals surface area (Å²) in [6.45, 7) is 0.602. The van der Waals surface area contributed by atoms with Crippen molar-refractivity contribution >= 4 is 46.5 Å². The second-order valence-corrected chi connectivity index (χ2v) is 5.70. The van der Waals surface area contributed by atoms with Gasteiger partial charge in [0.05, 0.1) is 15.6 Å². The highest BCUT2D eigenvalue weighted by Gasteiger charge is 2.31. The second-order valence-electron chi connectivity index (χ2n) is 4.45. The van der Waals surface area contributed by atoms with E-state index in [0.29, 0.717) is 18.0 Å². The van der Waals surface area contributed by atoms with Gasteiger partial charge in [0.2, 0.25) is 5.91 Å². The highest BCUT2D eigenvalue weighted by Crippen LogP contribution is 2.32. The fraction of sp³-hybridized carbons (Fsp3) is 0.385. The minimum atomic E-state index is -0.723. The zero-order valence-corrected chi connectivity index (χ0v) is 12.3. The van der Waals surface area contributed by atoms with Crippen molar-refractivity contribution in [2.75, 3.05) is 6.54 Å². The van der Waals surface area contributed by atoms with Crippen molar-refractivity contribution in [3.05, 3.63) is 32.8 Å². The molecule has 0 aromatic heterocycles. The summed E-state index contributed by atoms with van der Waals surface area (Å²) in [5, 5.41) is 3.44. The van der Waals surface area contributed by atoms with Crippen LogP contribution in [0.25, 0.3) is 0 Å². The highest BCUT2D eigenvalue weighted by molar-refractivity contribution is 6.42. The summed E-state index contributed by atoms with van der Waals surface area (Å²) in [7, 11) is 0. The fourth-order valence-electron chi connectivity index (χ4n) is 2.14. The molecule has 1 aromatic carbocycles. The minimum absolute atomic E-state index is 0.176. The molecule has 1 atom stereocenters. The van der Waals surface area contributed by atoms with Crippen LogP contribution < -0.4 is 5.32 Å². The Morgan fingerprint density at radius 3 is 2.42 bits per heavy atom. The number of nitrogens with one attached hydrogen (secondary N) is 1. The molecule has 3 nitrogen and oxygen atoms in total. The van der Waals surface area contributed by atoms with E-state index < -0.39 is 5.92 Å². The number of Topliss-reactive ketones (excluding diaryl/α,β-unsaturated/α-hetero) is 1. The van der Waals surface area contributed by atoms with Gasteiger partial charge in [-0.15, -0.1) is 0 Å². The van der Waals surface area contributed by atoms with E-state index in [1.807, 2.05) is 0 Å². The first-order chi connectivity index (χ1) is 9.00. The van der Waals surface area contributed by atoms with Crippen LogP contribution in [0.1, 0.15) is 29.6 Å². The second kappa shape index (κ2) is 6.12. The predicted molar refractivity (Wildman–Crippen MR) is 76.2 cm³/mol. The smallest absolute Gasteiger partial charge is 0.230 e. The maximum absolute atomic E-state index is 12.4. The van der Waals surface area contributed by atoms with Gasteiger partial charge < -0.3 is 5.32 Å². The lowest BCUT2D eigenvalue weighted by Crippen LogP contribution is -2.34. The number of carbonyl (C=O) groups excluding carboxylic acids is 2. The van der Waals surface area contributed by atoms with Gasteiger partial charge in [-0.05, 0) is 25.0 Å².